The monoisotopic (exact) mass is 264 g/mol. The molecule has 0 aliphatic rings. The van der Waals surface area contributed by atoms with Gasteiger partial charge in [-0.25, -0.2) is 0 Å². The predicted molar refractivity (Wildman–Crippen MR) is 72.3 cm³/mol. The van der Waals surface area contributed by atoms with E-state index in [0.29, 0.717) is 19.7 Å². The topological polar surface area (TPSA) is 87.7 Å². The number of amides is 2. The lowest BCUT2D eigenvalue weighted by molar-refractivity contribution is -0.119. The Bertz CT molecular complexity index is 187. The molecule has 0 aliphatic heterocycles. The first-order chi connectivity index (χ1) is 8.54. The van der Waals surface area contributed by atoms with Gasteiger partial charge in [0.15, 0.2) is 0 Å². The first-order valence-corrected chi connectivity index (χ1v) is 6.13. The largest absolute Gasteiger partial charge is 0.395 e. The number of ether oxygens (including phenoxy) is 1. The van der Waals surface area contributed by atoms with Crippen LogP contribution in [0.2, 0.25) is 0 Å². The van der Waals surface area contributed by atoms with Gasteiger partial charge in [-0.15, -0.1) is 0 Å². The average molecular weight is 264 g/mol. The van der Waals surface area contributed by atoms with Crippen molar-refractivity contribution in [2.75, 3.05) is 33.4 Å². The molecule has 3 N–H and O–H groups in total. The van der Waals surface area contributed by atoms with Crippen molar-refractivity contribution in [3.05, 3.63) is 0 Å². The summed E-state index contributed by atoms with van der Waals surface area (Å²) in [7, 11) is 1.65. The van der Waals surface area contributed by atoms with Gasteiger partial charge >= 0.3 is 0 Å². The van der Waals surface area contributed by atoms with Crippen LogP contribution in [0.3, 0.4) is 0 Å². The van der Waals surface area contributed by atoms with Crippen molar-refractivity contribution in [2.24, 2.45) is 0 Å². The molecule has 0 radical (unpaired) electrons. The molecule has 0 aromatic carbocycles. The van der Waals surface area contributed by atoms with Crippen molar-refractivity contribution in [2.45, 2.75) is 34.1 Å². The van der Waals surface area contributed by atoms with E-state index in [1.54, 1.807) is 7.11 Å². The minimum atomic E-state index is -0.103. The van der Waals surface area contributed by atoms with Crippen LogP contribution in [-0.2, 0) is 14.3 Å². The number of hydrogen-bond acceptors (Lipinski definition) is 4. The second-order valence-electron chi connectivity index (χ2n) is 3.04. The van der Waals surface area contributed by atoms with Crippen LogP contribution >= 0.6 is 0 Å². The Morgan fingerprint density at radius 1 is 1.06 bits per heavy atom. The Morgan fingerprint density at radius 3 is 1.78 bits per heavy atom. The van der Waals surface area contributed by atoms with Gasteiger partial charge in [-0.05, 0) is 6.42 Å². The third kappa shape index (κ3) is 36.4. The summed E-state index contributed by atoms with van der Waals surface area (Å²) in [5, 5.41) is 13.2. The van der Waals surface area contributed by atoms with Crippen molar-refractivity contribution in [3.8, 4) is 0 Å². The molecule has 18 heavy (non-hydrogen) atoms. The van der Waals surface area contributed by atoms with Crippen LogP contribution in [0.25, 0.3) is 0 Å². The summed E-state index contributed by atoms with van der Waals surface area (Å²) < 4.78 is 4.77. The van der Waals surface area contributed by atoms with E-state index in [2.05, 4.69) is 10.6 Å². The highest BCUT2D eigenvalue weighted by Gasteiger charge is 1.88. The molecule has 0 aliphatic carbocycles. The average Bonchev–Trinajstić information content (AvgIpc) is 2.35. The highest BCUT2D eigenvalue weighted by molar-refractivity contribution is 5.72. The molecular formula is C12H28N2O4. The Balaban J connectivity index is -0.000000225. The van der Waals surface area contributed by atoms with E-state index in [-0.39, 0.29) is 18.4 Å². The van der Waals surface area contributed by atoms with Crippen LogP contribution in [0.5, 0.6) is 0 Å². The van der Waals surface area contributed by atoms with E-state index in [1.165, 1.54) is 13.8 Å². The molecular weight excluding hydrogens is 236 g/mol. The zero-order chi connectivity index (χ0) is 14.8. The highest BCUT2D eigenvalue weighted by atomic mass is 16.5. The molecule has 0 aromatic heterocycles. The molecule has 0 bridgehead atoms. The lowest BCUT2D eigenvalue weighted by Gasteiger charge is -1.98. The first-order valence-electron chi connectivity index (χ1n) is 6.13. The number of methoxy groups -OCH3 is 1. The molecule has 0 atom stereocenters. The van der Waals surface area contributed by atoms with Crippen molar-refractivity contribution >= 4 is 11.8 Å². The van der Waals surface area contributed by atoms with E-state index >= 15 is 0 Å². The summed E-state index contributed by atoms with van der Waals surface area (Å²) in [6.07, 6.45) is 0.885. The Kier molecular flexibility index (Phi) is 26.0. The van der Waals surface area contributed by atoms with E-state index in [0.717, 1.165) is 6.42 Å². The van der Waals surface area contributed by atoms with E-state index in [4.69, 9.17) is 9.84 Å². The number of hydrogen-bond donors (Lipinski definition) is 3. The SMILES string of the molecule is CC.CC(=O)NCCO.COCCCNC(C)=O. The molecule has 6 heteroatoms. The molecule has 110 valence electrons. The quantitative estimate of drug-likeness (QED) is 0.602. The minimum absolute atomic E-state index is 0.0135. The maximum atomic E-state index is 10.3. The van der Waals surface area contributed by atoms with Gasteiger partial charge in [0.2, 0.25) is 11.8 Å². The normalized spacial score (nSPS) is 8.11. The fourth-order valence-electron chi connectivity index (χ4n) is 0.713. The summed E-state index contributed by atoms with van der Waals surface area (Å²) in [5.74, 6) is -0.0832. The maximum Gasteiger partial charge on any atom is 0.216 e. The third-order valence-electron chi connectivity index (χ3n) is 1.38. The molecule has 0 unspecified atom stereocenters. The zero-order valence-electron chi connectivity index (χ0n) is 12.2. The second kappa shape index (κ2) is 21.2. The van der Waals surface area contributed by atoms with Gasteiger partial charge in [0.1, 0.15) is 0 Å². The van der Waals surface area contributed by atoms with Crippen molar-refractivity contribution < 1.29 is 19.4 Å². The van der Waals surface area contributed by atoms with Crippen LogP contribution in [-0.4, -0.2) is 50.3 Å². The molecule has 0 saturated carbocycles. The fraction of sp³-hybridized carbons (Fsp3) is 0.833. The van der Waals surface area contributed by atoms with Crippen LogP contribution in [0.15, 0.2) is 0 Å². The Morgan fingerprint density at radius 2 is 1.50 bits per heavy atom. The van der Waals surface area contributed by atoms with E-state index in [9.17, 15) is 9.59 Å². The smallest absolute Gasteiger partial charge is 0.216 e. The summed E-state index contributed by atoms with van der Waals surface area (Å²) in [6.45, 7) is 8.71. The predicted octanol–water partition coefficient (Wildman–Crippen LogP) is 0.300. The van der Waals surface area contributed by atoms with Gasteiger partial charge in [-0.2, -0.15) is 0 Å². The molecule has 0 fully saturated rings. The molecule has 2 amide bonds. The minimum Gasteiger partial charge on any atom is -0.395 e. The number of aliphatic hydroxyl groups excluding tert-OH is 1. The van der Waals surface area contributed by atoms with Gasteiger partial charge in [-0.3, -0.25) is 9.59 Å². The lowest BCUT2D eigenvalue weighted by atomic mass is 10.4. The number of nitrogens with one attached hydrogen (secondary N) is 2. The molecule has 0 rings (SSSR count). The highest BCUT2D eigenvalue weighted by Crippen LogP contribution is 1.75. The van der Waals surface area contributed by atoms with Crippen molar-refractivity contribution in [1.29, 1.82) is 0 Å². The van der Waals surface area contributed by atoms with Gasteiger partial charge in [0.05, 0.1) is 6.61 Å². The van der Waals surface area contributed by atoms with Crippen LogP contribution in [0, 0.1) is 0 Å². The van der Waals surface area contributed by atoms with Gasteiger partial charge in [-0.1, -0.05) is 13.8 Å². The molecule has 6 nitrogen and oxygen atoms in total. The number of carbonyl (C=O) groups is 2. The van der Waals surface area contributed by atoms with Crippen LogP contribution < -0.4 is 10.6 Å². The van der Waals surface area contributed by atoms with Crippen molar-refractivity contribution in [1.82, 2.24) is 10.6 Å². The third-order valence-corrected chi connectivity index (χ3v) is 1.38. The second-order valence-corrected chi connectivity index (χ2v) is 3.04. The van der Waals surface area contributed by atoms with E-state index in [1.807, 2.05) is 13.8 Å². The molecule has 0 aromatic rings. The number of carbonyl (C=O) groups excluding carboxylic acids is 2. The molecule has 0 saturated heterocycles. The maximum absolute atomic E-state index is 10.3. The van der Waals surface area contributed by atoms with Gasteiger partial charge in [0.25, 0.3) is 0 Å². The van der Waals surface area contributed by atoms with Gasteiger partial charge < -0.3 is 20.5 Å². The van der Waals surface area contributed by atoms with Crippen LogP contribution in [0.1, 0.15) is 34.1 Å². The first kappa shape index (κ1) is 22.1. The summed E-state index contributed by atoms with van der Waals surface area (Å²) >= 11 is 0. The van der Waals surface area contributed by atoms with Crippen molar-refractivity contribution in [3.63, 3.8) is 0 Å². The van der Waals surface area contributed by atoms with Gasteiger partial charge in [0, 0.05) is 40.7 Å². The number of aliphatic hydroxyl groups is 1. The summed E-state index contributed by atoms with van der Waals surface area (Å²) in [4.78, 5) is 20.2. The van der Waals surface area contributed by atoms with E-state index < -0.39 is 0 Å². The zero-order valence-corrected chi connectivity index (χ0v) is 12.2. The fourth-order valence-corrected chi connectivity index (χ4v) is 0.713. The Labute approximate surface area is 110 Å². The van der Waals surface area contributed by atoms with Crippen LogP contribution in [0.4, 0.5) is 0 Å². The number of rotatable bonds is 6. The summed E-state index contributed by atoms with van der Waals surface area (Å²) in [6, 6.07) is 0. The molecule has 0 heterocycles. The standard InChI is InChI=1S/C6H13NO2.C4H9NO2.C2H6/c1-6(8)7-4-3-5-9-2;1-4(7)5-2-3-6;1-2/h3-5H2,1-2H3,(H,7,8);6H,2-3H2,1H3,(H,5,7);1-2H3. The summed E-state index contributed by atoms with van der Waals surface area (Å²) in [5.41, 5.74) is 0. The molecule has 0 spiro atoms. The lowest BCUT2D eigenvalue weighted by Crippen LogP contribution is -2.22. The Hall–Kier alpha value is -1.14.